The average molecular weight is 1080 g/mol. The number of carbonyl (C=O) groups is 1. The first-order chi connectivity index (χ1) is 35.0. The van der Waals surface area contributed by atoms with Crippen LogP contribution in [0.5, 0.6) is 0 Å². The summed E-state index contributed by atoms with van der Waals surface area (Å²) in [6.45, 7) is 15.0. The summed E-state index contributed by atoms with van der Waals surface area (Å²) in [7, 11) is 0. The van der Waals surface area contributed by atoms with Crippen molar-refractivity contribution in [2.75, 3.05) is 19.8 Å². The standard InChI is InChI=1S/C53H86O22/c1-22-31(57)34(60)37(63)43(69-22)74-41-40(73-44-38(64)35(61)32(58)25(19-54)70-44)24(56)21-68-46(41)72-29-12-13-50(6)27(49(29,4)5)11-14-52(8)28(50)10-9-23-30-42(66)48(2,3)15-17-53(30,18-16-51(23,52)7)47(67)75-45-39(65)36(62)33(59)26(20-55)71-45/h9,22,24-46,54-66H,10-21H2,1-8H3/t22-,24-,25+,26+,27+,28-,29+,30-,31-,32+,33+,34+,35-,36-,37+,38+,39+,40-,41+,42-,43-,44-,45-,46-,50+,51-,52-,53+/m0/s1. The molecule has 4 saturated heterocycles. The van der Waals surface area contributed by atoms with Crippen LogP contribution >= 0.6 is 0 Å². The van der Waals surface area contributed by atoms with E-state index in [9.17, 15) is 71.2 Å². The van der Waals surface area contributed by atoms with Gasteiger partial charge in [-0.2, -0.15) is 0 Å². The summed E-state index contributed by atoms with van der Waals surface area (Å²) in [6.07, 6.45) is -23.5. The maximum absolute atomic E-state index is 14.8. The number of rotatable bonds is 10. The van der Waals surface area contributed by atoms with Crippen molar-refractivity contribution in [1.29, 1.82) is 0 Å². The molecular weight excluding hydrogens is 989 g/mol. The summed E-state index contributed by atoms with van der Waals surface area (Å²) < 4.78 is 48.8. The van der Waals surface area contributed by atoms with Crippen molar-refractivity contribution in [3.8, 4) is 0 Å². The van der Waals surface area contributed by atoms with E-state index in [0.717, 1.165) is 24.8 Å². The molecule has 8 fully saturated rings. The smallest absolute Gasteiger partial charge is 0.315 e. The average Bonchev–Trinajstić information content (AvgIpc) is 3.38. The minimum atomic E-state index is -1.84. The Balaban J connectivity index is 0.984. The highest BCUT2D eigenvalue weighted by molar-refractivity contribution is 5.79. The number of aliphatic hydroxyl groups excluding tert-OH is 13. The first-order valence-corrected chi connectivity index (χ1v) is 27.2. The molecule has 9 aliphatic rings. The molecule has 28 atom stereocenters. The van der Waals surface area contributed by atoms with Gasteiger partial charge in [0.15, 0.2) is 18.9 Å². The lowest BCUT2D eigenvalue weighted by molar-refractivity contribution is -0.388. The maximum Gasteiger partial charge on any atom is 0.315 e. The van der Waals surface area contributed by atoms with Crippen molar-refractivity contribution in [3.63, 3.8) is 0 Å². The number of hydrogen-bond acceptors (Lipinski definition) is 22. The van der Waals surface area contributed by atoms with E-state index in [1.54, 1.807) is 0 Å². The quantitative estimate of drug-likeness (QED) is 0.0680. The molecular formula is C53H86O22. The Morgan fingerprint density at radius 3 is 1.79 bits per heavy atom. The molecule has 0 spiro atoms. The van der Waals surface area contributed by atoms with E-state index < -0.39 is 176 Å². The van der Waals surface area contributed by atoms with Gasteiger partial charge in [0.25, 0.3) is 0 Å². The number of carbonyl (C=O) groups excluding carboxylic acids is 1. The summed E-state index contributed by atoms with van der Waals surface area (Å²) >= 11 is 0. The molecule has 22 nitrogen and oxygen atoms in total. The van der Waals surface area contributed by atoms with Crippen LogP contribution in [0.15, 0.2) is 11.6 Å². The van der Waals surface area contributed by atoms with Gasteiger partial charge in [0, 0.05) is 5.92 Å². The van der Waals surface area contributed by atoms with Gasteiger partial charge in [0.1, 0.15) is 85.5 Å². The number of fused-ring (bicyclic) bond motifs is 7. The Labute approximate surface area is 437 Å². The minimum absolute atomic E-state index is 0.0754. The highest BCUT2D eigenvalue weighted by Gasteiger charge is 2.71. The van der Waals surface area contributed by atoms with Crippen molar-refractivity contribution < 1.29 is 109 Å². The fourth-order valence-electron chi connectivity index (χ4n) is 16.2. The summed E-state index contributed by atoms with van der Waals surface area (Å²) in [5.41, 5.74) is -2.34. The fourth-order valence-corrected chi connectivity index (χ4v) is 16.2. The van der Waals surface area contributed by atoms with Crippen LogP contribution in [0.1, 0.15) is 113 Å². The first-order valence-electron chi connectivity index (χ1n) is 27.2. The van der Waals surface area contributed by atoms with E-state index in [0.29, 0.717) is 38.5 Å². The van der Waals surface area contributed by atoms with Crippen molar-refractivity contribution in [2.24, 2.45) is 50.2 Å². The fraction of sp³-hybridized carbons (Fsp3) is 0.943. The number of ether oxygens (including phenoxy) is 8. The van der Waals surface area contributed by atoms with Crippen LogP contribution in [-0.4, -0.2) is 221 Å². The predicted octanol–water partition coefficient (Wildman–Crippen LogP) is -1.40. The lowest BCUT2D eigenvalue weighted by Crippen LogP contribution is -2.68. The lowest BCUT2D eigenvalue weighted by Gasteiger charge is -2.71. The van der Waals surface area contributed by atoms with Crippen LogP contribution in [0.3, 0.4) is 0 Å². The lowest BCUT2D eigenvalue weighted by atomic mass is 9.33. The van der Waals surface area contributed by atoms with E-state index in [1.807, 2.05) is 13.8 Å². The second-order valence-corrected chi connectivity index (χ2v) is 25.8. The highest BCUT2D eigenvalue weighted by Crippen LogP contribution is 2.76. The van der Waals surface area contributed by atoms with Gasteiger partial charge in [-0.1, -0.05) is 60.1 Å². The van der Waals surface area contributed by atoms with Gasteiger partial charge in [-0.05, 0) is 104 Å². The van der Waals surface area contributed by atoms with Crippen molar-refractivity contribution >= 4 is 5.97 Å². The Bertz CT molecular complexity index is 2070. The van der Waals surface area contributed by atoms with Crippen LogP contribution in [0.2, 0.25) is 0 Å². The molecule has 0 aromatic rings. The second-order valence-electron chi connectivity index (χ2n) is 25.8. The molecule has 5 aliphatic carbocycles. The van der Waals surface area contributed by atoms with Crippen molar-refractivity contribution in [1.82, 2.24) is 0 Å². The number of esters is 1. The molecule has 75 heavy (non-hydrogen) atoms. The first kappa shape index (κ1) is 58.1. The third kappa shape index (κ3) is 9.21. The van der Waals surface area contributed by atoms with Gasteiger partial charge in [-0.3, -0.25) is 4.79 Å². The number of allylic oxidation sites excluding steroid dienone is 1. The molecule has 4 aliphatic heterocycles. The van der Waals surface area contributed by atoms with Gasteiger partial charge < -0.3 is 104 Å². The van der Waals surface area contributed by atoms with Gasteiger partial charge in [-0.15, -0.1) is 0 Å². The summed E-state index contributed by atoms with van der Waals surface area (Å²) in [5, 5.41) is 140. The molecule has 0 amide bonds. The highest BCUT2D eigenvalue weighted by atomic mass is 16.8. The maximum atomic E-state index is 14.8. The van der Waals surface area contributed by atoms with Crippen LogP contribution < -0.4 is 0 Å². The second kappa shape index (κ2) is 20.7. The van der Waals surface area contributed by atoms with E-state index in [-0.39, 0.29) is 29.3 Å². The summed E-state index contributed by atoms with van der Waals surface area (Å²) in [4.78, 5) is 14.8. The zero-order valence-corrected chi connectivity index (χ0v) is 44.4. The largest absolute Gasteiger partial charge is 0.432 e. The molecule has 0 unspecified atom stereocenters. The molecule has 13 N–H and O–H groups in total. The third-order valence-corrected chi connectivity index (χ3v) is 21.2. The molecule has 0 aromatic heterocycles. The molecule has 430 valence electrons. The molecule has 0 aromatic carbocycles. The summed E-state index contributed by atoms with van der Waals surface area (Å²) in [5.74, 6) is -1.09. The SMILES string of the molecule is C[C@@H]1O[C@@H](O[C@H]2[C@H](O[C@@H]3CC[C@]4(C)[C@H](CC[C@@]5(C)[C@H]4CC=C4[C@H]6[C@H](O)C(C)(C)CC[C@@]6(C(=O)O[C@@H]6O[C@H](CO)[C@@H](O)[C@H](O)[C@H]6O)CC[C@@]45C)C3(C)C)OC[C@H](O)[C@@H]2O[C@@H]2O[C@H](CO)[C@@H](O)[C@H](O)[C@H]2O)[C@H](O)[C@H](O)[C@H]1O. The van der Waals surface area contributed by atoms with Gasteiger partial charge in [-0.25, -0.2) is 0 Å². The third-order valence-electron chi connectivity index (χ3n) is 21.2. The van der Waals surface area contributed by atoms with E-state index in [1.165, 1.54) is 6.92 Å². The molecule has 0 bridgehead atoms. The predicted molar refractivity (Wildman–Crippen MR) is 257 cm³/mol. The van der Waals surface area contributed by atoms with Gasteiger partial charge in [0.05, 0.1) is 43.5 Å². The molecule has 4 heterocycles. The van der Waals surface area contributed by atoms with Crippen LogP contribution in [-0.2, 0) is 42.7 Å². The normalized spacial score (nSPS) is 54.5. The molecule has 0 radical (unpaired) electrons. The van der Waals surface area contributed by atoms with Crippen molar-refractivity contribution in [3.05, 3.63) is 11.6 Å². The number of hydrogen-bond donors (Lipinski definition) is 13. The minimum Gasteiger partial charge on any atom is -0.432 e. The Hall–Kier alpha value is -1.59. The van der Waals surface area contributed by atoms with Crippen molar-refractivity contribution in [2.45, 2.75) is 242 Å². The Morgan fingerprint density at radius 1 is 0.600 bits per heavy atom. The Kier molecular flexibility index (Phi) is 16.1. The zero-order valence-electron chi connectivity index (χ0n) is 44.4. The zero-order chi connectivity index (χ0) is 54.9. The van der Waals surface area contributed by atoms with Crippen LogP contribution in [0.4, 0.5) is 0 Å². The van der Waals surface area contributed by atoms with Crippen LogP contribution in [0.25, 0.3) is 0 Å². The molecule has 9 rings (SSSR count). The van der Waals surface area contributed by atoms with Crippen LogP contribution in [0, 0.1) is 50.2 Å². The van der Waals surface area contributed by atoms with E-state index in [2.05, 4.69) is 40.7 Å². The number of aliphatic hydroxyl groups is 13. The molecule has 22 heteroatoms. The van der Waals surface area contributed by atoms with E-state index in [4.69, 9.17) is 37.9 Å². The van der Waals surface area contributed by atoms with Gasteiger partial charge in [0.2, 0.25) is 6.29 Å². The van der Waals surface area contributed by atoms with E-state index >= 15 is 0 Å². The summed E-state index contributed by atoms with van der Waals surface area (Å²) in [6, 6.07) is 0. The monoisotopic (exact) mass is 1070 g/mol. The van der Waals surface area contributed by atoms with Gasteiger partial charge >= 0.3 is 5.97 Å². The molecule has 4 saturated carbocycles. The Morgan fingerprint density at radius 2 is 1.16 bits per heavy atom. The topological polar surface area (TPSA) is 354 Å².